The number of nitrogens with one attached hydrogen (secondary N) is 2. The van der Waals surface area contributed by atoms with E-state index in [-0.39, 0.29) is 11.9 Å². The molecule has 0 aliphatic carbocycles. The van der Waals surface area contributed by atoms with Gasteiger partial charge < -0.3 is 20.8 Å². The molecule has 1 aromatic heterocycles. The Labute approximate surface area is 136 Å². The van der Waals surface area contributed by atoms with Crippen molar-refractivity contribution in [2.75, 3.05) is 26.7 Å². The molecule has 1 fully saturated rings. The molecule has 7 nitrogen and oxygen atoms in total. The average molecular weight is 322 g/mol. The van der Waals surface area contributed by atoms with Crippen LogP contribution in [0.2, 0.25) is 0 Å². The van der Waals surface area contributed by atoms with Gasteiger partial charge >= 0.3 is 5.97 Å². The van der Waals surface area contributed by atoms with Crippen LogP contribution in [0.4, 0.5) is 0 Å². The van der Waals surface area contributed by atoms with Gasteiger partial charge in [0.05, 0.1) is 7.11 Å². The molecule has 0 aromatic carbocycles. The number of methoxy groups -OCH3 is 1. The van der Waals surface area contributed by atoms with Crippen LogP contribution in [0.5, 0.6) is 0 Å². The van der Waals surface area contributed by atoms with Gasteiger partial charge in [-0.15, -0.1) is 0 Å². The number of hydrogen-bond acceptors (Lipinski definition) is 5. The lowest BCUT2D eigenvalue weighted by atomic mass is 10.0. The predicted octanol–water partition coefficient (Wildman–Crippen LogP) is 0.621. The number of nitrogens with zero attached hydrogens (tertiary/aromatic N) is 1. The number of aromatic nitrogens is 1. The maximum absolute atomic E-state index is 11.6. The molecule has 0 saturated carbocycles. The third-order valence-electron chi connectivity index (χ3n) is 4.19. The smallest absolute Gasteiger partial charge is 0.354 e. The quantitative estimate of drug-likeness (QED) is 0.639. The van der Waals surface area contributed by atoms with Crippen LogP contribution in [0.3, 0.4) is 0 Å². The van der Waals surface area contributed by atoms with Crippen LogP contribution in [-0.4, -0.2) is 54.5 Å². The number of H-pyrrole nitrogens is 1. The first-order chi connectivity index (χ1) is 11.1. The fourth-order valence-corrected chi connectivity index (χ4v) is 2.94. The van der Waals surface area contributed by atoms with E-state index in [9.17, 15) is 9.59 Å². The molecule has 2 rings (SSSR count). The zero-order valence-corrected chi connectivity index (χ0v) is 13.6. The molecule has 0 spiro atoms. The molecular weight excluding hydrogens is 296 g/mol. The molecule has 1 amide bonds. The Balaban J connectivity index is 1.91. The summed E-state index contributed by atoms with van der Waals surface area (Å²) in [7, 11) is 1.37. The van der Waals surface area contributed by atoms with Crippen LogP contribution in [-0.2, 0) is 16.1 Å². The van der Waals surface area contributed by atoms with Gasteiger partial charge in [0.25, 0.3) is 0 Å². The van der Waals surface area contributed by atoms with Crippen LogP contribution in [0.1, 0.15) is 41.7 Å². The molecule has 2 heterocycles. The van der Waals surface area contributed by atoms with Crippen LogP contribution < -0.4 is 11.1 Å². The number of carbonyl (C=O) groups excluding carboxylic acids is 2. The molecule has 7 heteroatoms. The summed E-state index contributed by atoms with van der Waals surface area (Å²) < 4.78 is 4.71. The summed E-state index contributed by atoms with van der Waals surface area (Å²) in [4.78, 5) is 28.4. The zero-order valence-electron chi connectivity index (χ0n) is 13.6. The molecule has 1 aliphatic rings. The Morgan fingerprint density at radius 3 is 3.04 bits per heavy atom. The number of ether oxygens (including phenoxy) is 1. The monoisotopic (exact) mass is 322 g/mol. The van der Waals surface area contributed by atoms with Crippen LogP contribution in [0.25, 0.3) is 0 Å². The van der Waals surface area contributed by atoms with Crippen molar-refractivity contribution in [2.24, 2.45) is 5.73 Å². The van der Waals surface area contributed by atoms with Gasteiger partial charge in [0.1, 0.15) is 5.69 Å². The number of piperidine rings is 1. The highest BCUT2D eigenvalue weighted by atomic mass is 16.5. The van der Waals surface area contributed by atoms with E-state index < -0.39 is 0 Å². The molecule has 23 heavy (non-hydrogen) atoms. The van der Waals surface area contributed by atoms with Crippen molar-refractivity contribution in [3.8, 4) is 0 Å². The van der Waals surface area contributed by atoms with Crippen molar-refractivity contribution in [1.82, 2.24) is 15.2 Å². The minimum Gasteiger partial charge on any atom is -0.464 e. The summed E-state index contributed by atoms with van der Waals surface area (Å²) in [6, 6.07) is 2.15. The predicted molar refractivity (Wildman–Crippen MR) is 86.9 cm³/mol. The second-order valence-corrected chi connectivity index (χ2v) is 5.88. The maximum Gasteiger partial charge on any atom is 0.354 e. The highest BCUT2D eigenvalue weighted by molar-refractivity contribution is 5.87. The molecule has 0 bridgehead atoms. The van der Waals surface area contributed by atoms with E-state index in [0.717, 1.165) is 31.5 Å². The van der Waals surface area contributed by atoms with Gasteiger partial charge in [-0.1, -0.05) is 6.42 Å². The molecule has 1 aliphatic heterocycles. The molecule has 1 atom stereocenters. The zero-order chi connectivity index (χ0) is 16.7. The summed E-state index contributed by atoms with van der Waals surface area (Å²) in [6.07, 6.45) is 5.60. The van der Waals surface area contributed by atoms with Gasteiger partial charge in [0.2, 0.25) is 5.91 Å². The second-order valence-electron chi connectivity index (χ2n) is 5.88. The number of esters is 1. The number of rotatable bonds is 7. The standard InChI is InChI=1S/C16H26N4O3/c1-23-16(22)14-8-12(9-18-14)11-20-7-3-2-4-13(20)10-19-15(21)5-6-17/h8-9,13,18H,2-7,10-11,17H2,1H3,(H,19,21). The number of carbonyl (C=O) groups is 2. The third-order valence-corrected chi connectivity index (χ3v) is 4.19. The molecule has 4 N–H and O–H groups in total. The Morgan fingerprint density at radius 2 is 2.30 bits per heavy atom. The van der Waals surface area contributed by atoms with Crippen molar-refractivity contribution in [3.05, 3.63) is 23.5 Å². The largest absolute Gasteiger partial charge is 0.464 e. The Bertz CT molecular complexity index is 529. The Hall–Kier alpha value is -1.86. The van der Waals surface area contributed by atoms with E-state index in [0.29, 0.717) is 31.2 Å². The van der Waals surface area contributed by atoms with Gasteiger partial charge in [0.15, 0.2) is 0 Å². The third kappa shape index (κ3) is 5.07. The summed E-state index contributed by atoms with van der Waals surface area (Å²) in [6.45, 7) is 2.77. The van der Waals surface area contributed by atoms with Gasteiger partial charge in [-0.25, -0.2) is 4.79 Å². The van der Waals surface area contributed by atoms with Gasteiger partial charge in [-0.3, -0.25) is 9.69 Å². The first-order valence-corrected chi connectivity index (χ1v) is 8.10. The Morgan fingerprint density at radius 1 is 1.48 bits per heavy atom. The van der Waals surface area contributed by atoms with E-state index in [1.54, 1.807) is 0 Å². The number of hydrogen-bond donors (Lipinski definition) is 3. The SMILES string of the molecule is COC(=O)c1cc(CN2CCCCC2CNC(=O)CCN)c[nH]1. The van der Waals surface area contributed by atoms with E-state index in [1.807, 2.05) is 12.3 Å². The van der Waals surface area contributed by atoms with Crippen LogP contribution in [0.15, 0.2) is 12.3 Å². The van der Waals surface area contributed by atoms with Crippen molar-refractivity contribution in [2.45, 2.75) is 38.3 Å². The average Bonchev–Trinajstić information content (AvgIpc) is 3.02. The van der Waals surface area contributed by atoms with Crippen molar-refractivity contribution in [1.29, 1.82) is 0 Å². The maximum atomic E-state index is 11.6. The number of aromatic amines is 1. The normalized spacial score (nSPS) is 18.6. The molecule has 1 aromatic rings. The van der Waals surface area contributed by atoms with Gasteiger partial charge in [-0.05, 0) is 31.0 Å². The number of likely N-dealkylation sites (tertiary alicyclic amines) is 1. The first-order valence-electron chi connectivity index (χ1n) is 8.10. The summed E-state index contributed by atoms with van der Waals surface area (Å²) in [5, 5.41) is 2.96. The van der Waals surface area contributed by atoms with Crippen molar-refractivity contribution >= 4 is 11.9 Å². The van der Waals surface area contributed by atoms with Crippen LogP contribution >= 0.6 is 0 Å². The highest BCUT2D eigenvalue weighted by Crippen LogP contribution is 2.19. The molecular formula is C16H26N4O3. The van der Waals surface area contributed by atoms with E-state index >= 15 is 0 Å². The molecule has 1 unspecified atom stereocenters. The lowest BCUT2D eigenvalue weighted by Crippen LogP contribution is -2.46. The number of nitrogens with two attached hydrogens (primary N) is 1. The van der Waals surface area contributed by atoms with E-state index in [1.165, 1.54) is 13.5 Å². The first kappa shape index (κ1) is 17.5. The lowest BCUT2D eigenvalue weighted by Gasteiger charge is -2.35. The Kier molecular flexibility index (Phi) is 6.61. The highest BCUT2D eigenvalue weighted by Gasteiger charge is 2.23. The van der Waals surface area contributed by atoms with E-state index in [4.69, 9.17) is 10.5 Å². The second kappa shape index (κ2) is 8.69. The van der Waals surface area contributed by atoms with Crippen LogP contribution in [0, 0.1) is 0 Å². The lowest BCUT2D eigenvalue weighted by molar-refractivity contribution is -0.121. The molecule has 128 valence electrons. The summed E-state index contributed by atoms with van der Waals surface area (Å²) >= 11 is 0. The van der Waals surface area contributed by atoms with Gasteiger partial charge in [0, 0.05) is 38.3 Å². The summed E-state index contributed by atoms with van der Waals surface area (Å²) in [5.41, 5.74) is 6.91. The van der Waals surface area contributed by atoms with Crippen molar-refractivity contribution < 1.29 is 14.3 Å². The fraction of sp³-hybridized carbons (Fsp3) is 0.625. The fourth-order valence-electron chi connectivity index (χ4n) is 2.94. The van der Waals surface area contributed by atoms with E-state index in [2.05, 4.69) is 15.2 Å². The molecule has 0 radical (unpaired) electrons. The minimum absolute atomic E-state index is 0.00708. The van der Waals surface area contributed by atoms with Crippen molar-refractivity contribution in [3.63, 3.8) is 0 Å². The topological polar surface area (TPSA) is 100 Å². The van der Waals surface area contributed by atoms with Gasteiger partial charge in [-0.2, -0.15) is 0 Å². The minimum atomic E-state index is -0.361. The summed E-state index contributed by atoms with van der Waals surface area (Å²) in [5.74, 6) is -0.354. The number of amides is 1. The molecule has 1 saturated heterocycles.